The quantitative estimate of drug-likeness (QED) is 0.607. The van der Waals surface area contributed by atoms with Crippen LogP contribution >= 0.6 is 11.6 Å². The first-order valence-electron chi connectivity index (χ1n) is 7.68. The largest absolute Gasteiger partial charge is 0.480 e. The minimum atomic E-state index is -1.94. The molecule has 1 aliphatic heterocycles. The highest BCUT2D eigenvalue weighted by Crippen LogP contribution is 2.40. The Morgan fingerprint density at radius 3 is 2.50 bits per heavy atom. The average molecular weight is 374 g/mol. The number of carbonyl (C=O) groups is 2. The minimum Gasteiger partial charge on any atom is -0.480 e. The lowest BCUT2D eigenvalue weighted by atomic mass is 9.41. The van der Waals surface area contributed by atoms with Gasteiger partial charge in [0.1, 0.15) is 13.7 Å². The van der Waals surface area contributed by atoms with Gasteiger partial charge in [-0.05, 0) is 30.7 Å². The Morgan fingerprint density at radius 2 is 1.96 bits per heavy atom. The van der Waals surface area contributed by atoms with Gasteiger partial charge >= 0.3 is 5.97 Å². The number of aliphatic hydroxyl groups is 1. The van der Waals surface area contributed by atoms with E-state index in [0.29, 0.717) is 0 Å². The third-order valence-electron chi connectivity index (χ3n) is 4.18. The van der Waals surface area contributed by atoms with Gasteiger partial charge in [-0.2, -0.15) is 0 Å². The van der Waals surface area contributed by atoms with E-state index in [1.165, 1.54) is 11.0 Å². The molecule has 0 bridgehead atoms. The molecule has 6 nitrogen and oxygen atoms in total. The molecule has 0 aromatic heterocycles. The van der Waals surface area contributed by atoms with Gasteiger partial charge in [-0.25, -0.2) is 4.39 Å². The number of rotatable bonds is 5. The second-order valence-corrected chi connectivity index (χ2v) is 7.00. The molecule has 3 N–H and O–H groups in total. The number of carboxylic acid groups (broad SMARTS) is 1. The number of carbonyl (C=O) groups excluding carboxylic acids is 1. The molecular formula is C15H15B3ClFN2O4. The number of aliphatic carboxylic acids is 1. The molecule has 6 radical (unpaired) electrons. The number of nitrogens with one attached hydrogen (secondary N) is 1. The van der Waals surface area contributed by atoms with E-state index >= 15 is 0 Å². The van der Waals surface area contributed by atoms with Crippen molar-refractivity contribution < 1.29 is 24.2 Å². The van der Waals surface area contributed by atoms with E-state index in [2.05, 4.69) is 5.32 Å². The topological polar surface area (TPSA) is 89.9 Å². The summed E-state index contributed by atoms with van der Waals surface area (Å²) in [6.07, 6.45) is 0. The molecule has 2 unspecified atom stereocenters. The molecule has 2 rings (SSSR count). The number of carboxylic acids is 1. The summed E-state index contributed by atoms with van der Waals surface area (Å²) in [5.41, 5.74) is -1.96. The maximum absolute atomic E-state index is 13.4. The maximum atomic E-state index is 13.4. The Morgan fingerprint density at radius 1 is 1.31 bits per heavy atom. The highest BCUT2D eigenvalue weighted by Gasteiger charge is 2.47. The van der Waals surface area contributed by atoms with E-state index < -0.39 is 40.9 Å². The number of halogens is 2. The van der Waals surface area contributed by atoms with E-state index in [-0.39, 0.29) is 30.2 Å². The predicted octanol–water partition coefficient (Wildman–Crippen LogP) is -0.464. The number of β-amino-alcohol motifs (C(OH)–C–C–N with tert-alkyl or cyclic N) is 1. The molecule has 1 fully saturated rings. The van der Waals surface area contributed by atoms with Crippen LogP contribution in [0.15, 0.2) is 18.2 Å². The van der Waals surface area contributed by atoms with Crippen LogP contribution in [-0.4, -0.2) is 82.2 Å². The van der Waals surface area contributed by atoms with Gasteiger partial charge < -0.3 is 15.5 Å². The smallest absolute Gasteiger partial charge is 0.317 e. The number of amides is 1. The highest BCUT2D eigenvalue weighted by atomic mass is 35.5. The molecule has 1 saturated heterocycles. The molecule has 1 aromatic rings. The van der Waals surface area contributed by atoms with Crippen molar-refractivity contribution in [3.8, 4) is 0 Å². The summed E-state index contributed by atoms with van der Waals surface area (Å²) in [6.45, 7) is -0.836. The number of hydrogen-bond donors (Lipinski definition) is 3. The Labute approximate surface area is 159 Å². The predicted molar refractivity (Wildman–Crippen MR) is 96.2 cm³/mol. The van der Waals surface area contributed by atoms with Crippen molar-refractivity contribution in [2.24, 2.45) is 5.92 Å². The monoisotopic (exact) mass is 374 g/mol. The second kappa shape index (κ2) is 7.62. The van der Waals surface area contributed by atoms with Crippen LogP contribution in [-0.2, 0) is 4.79 Å². The summed E-state index contributed by atoms with van der Waals surface area (Å²) in [4.78, 5) is 24.4. The van der Waals surface area contributed by atoms with Crippen LogP contribution in [0.5, 0.6) is 0 Å². The Hall–Kier alpha value is -1.51. The van der Waals surface area contributed by atoms with Crippen LogP contribution in [0.25, 0.3) is 0 Å². The van der Waals surface area contributed by atoms with Crippen molar-refractivity contribution >= 4 is 47.0 Å². The molecule has 2 atom stereocenters. The molecule has 132 valence electrons. The molecule has 1 amide bonds. The summed E-state index contributed by atoms with van der Waals surface area (Å²) < 4.78 is 13.4. The van der Waals surface area contributed by atoms with E-state index in [4.69, 9.17) is 40.2 Å². The summed E-state index contributed by atoms with van der Waals surface area (Å²) in [5, 5.41) is 20.3. The van der Waals surface area contributed by atoms with Crippen LogP contribution in [0, 0.1) is 11.7 Å². The zero-order valence-electron chi connectivity index (χ0n) is 13.8. The molecule has 1 heterocycles. The number of benzene rings is 1. The third-order valence-corrected chi connectivity index (χ3v) is 4.40. The molecule has 0 saturated carbocycles. The molecule has 0 aliphatic carbocycles. The zero-order chi connectivity index (χ0) is 19.7. The number of hydrogen-bond acceptors (Lipinski definition) is 4. The van der Waals surface area contributed by atoms with Gasteiger partial charge in [-0.3, -0.25) is 14.5 Å². The Kier molecular flexibility index (Phi) is 6.10. The molecule has 26 heavy (non-hydrogen) atoms. The van der Waals surface area contributed by atoms with Gasteiger partial charge in [-0.15, -0.1) is 0 Å². The van der Waals surface area contributed by atoms with Crippen molar-refractivity contribution in [2.45, 2.75) is 10.7 Å². The van der Waals surface area contributed by atoms with Gasteiger partial charge in [0.25, 0.3) is 5.91 Å². The van der Waals surface area contributed by atoms with E-state index in [0.717, 1.165) is 12.1 Å². The van der Waals surface area contributed by atoms with Gasteiger partial charge in [0.15, 0.2) is 0 Å². The van der Waals surface area contributed by atoms with E-state index in [1.54, 1.807) is 0 Å². The third kappa shape index (κ3) is 5.02. The van der Waals surface area contributed by atoms with Crippen molar-refractivity contribution in [2.75, 3.05) is 26.2 Å². The van der Waals surface area contributed by atoms with Crippen molar-refractivity contribution in [3.63, 3.8) is 0 Å². The molecule has 0 spiro atoms. The average Bonchev–Trinajstić information content (AvgIpc) is 2.42. The first kappa shape index (κ1) is 20.8. The first-order chi connectivity index (χ1) is 11.9. The van der Waals surface area contributed by atoms with E-state index in [9.17, 15) is 19.1 Å². The van der Waals surface area contributed by atoms with Crippen LogP contribution in [0.2, 0.25) is 10.2 Å². The molecule has 11 heteroatoms. The fraction of sp³-hybridized carbons (Fsp3) is 0.467. The van der Waals surface area contributed by atoms with Gasteiger partial charge in [-0.1, -0.05) is 16.8 Å². The molecule has 1 aliphatic rings. The summed E-state index contributed by atoms with van der Waals surface area (Å²) in [7, 11) is 17.9. The first-order valence-corrected chi connectivity index (χ1v) is 8.06. The van der Waals surface area contributed by atoms with Crippen LogP contribution in [0.4, 0.5) is 4.39 Å². The lowest BCUT2D eigenvalue weighted by molar-refractivity contribution is -0.139. The number of likely N-dealkylation sites (tertiary alicyclic amines) is 1. The lowest BCUT2D eigenvalue weighted by Gasteiger charge is -2.53. The SMILES string of the molecule is [B]C1([B])CN(CC(=O)O)CC([B])(O)C1CNC(=O)c1cc(F)cc(Cl)c1. The van der Waals surface area contributed by atoms with E-state index in [1.807, 2.05) is 0 Å². The van der Waals surface area contributed by atoms with Crippen molar-refractivity contribution in [1.82, 2.24) is 10.2 Å². The second-order valence-electron chi connectivity index (χ2n) is 6.56. The summed E-state index contributed by atoms with van der Waals surface area (Å²) in [6, 6.07) is 3.34. The maximum Gasteiger partial charge on any atom is 0.317 e. The zero-order valence-corrected chi connectivity index (χ0v) is 14.5. The van der Waals surface area contributed by atoms with Gasteiger partial charge in [0.2, 0.25) is 0 Å². The van der Waals surface area contributed by atoms with Crippen molar-refractivity contribution in [1.29, 1.82) is 0 Å². The van der Waals surface area contributed by atoms with Gasteiger partial charge in [0.05, 0.1) is 22.2 Å². The molecule has 1 aromatic carbocycles. The van der Waals surface area contributed by atoms with Crippen LogP contribution < -0.4 is 5.32 Å². The Bertz CT molecular complexity index is 682. The molecular weight excluding hydrogens is 359 g/mol. The number of nitrogens with zero attached hydrogens (tertiary/aromatic N) is 1. The Balaban J connectivity index is 2.10. The lowest BCUT2D eigenvalue weighted by Crippen LogP contribution is -2.64. The van der Waals surface area contributed by atoms with Gasteiger partial charge in [0, 0.05) is 29.2 Å². The van der Waals surface area contributed by atoms with Crippen molar-refractivity contribution in [3.05, 3.63) is 34.6 Å². The summed E-state index contributed by atoms with van der Waals surface area (Å²) in [5.74, 6) is -3.42. The fourth-order valence-electron chi connectivity index (χ4n) is 3.14. The highest BCUT2D eigenvalue weighted by molar-refractivity contribution is 6.41. The van der Waals surface area contributed by atoms with Crippen LogP contribution in [0.3, 0.4) is 0 Å². The summed E-state index contributed by atoms with van der Waals surface area (Å²) >= 11 is 5.72. The fourth-order valence-corrected chi connectivity index (χ4v) is 3.36. The standard InChI is InChI=1S/C15H15B3ClFN2O4/c16-14(17)6-22(5-12(23)24)7-15(18,26)11(14)4-21-13(25)8-1-9(19)3-10(20)2-8/h1-3,11,26H,4-7H2,(H,21,25)(H,23,24). The minimum absolute atomic E-state index is 0.0153. The normalized spacial score (nSPS) is 25.6. The van der Waals surface area contributed by atoms with Crippen LogP contribution in [0.1, 0.15) is 10.4 Å². The number of piperidine rings is 1.